The number of carbonyl (C=O) groups is 1. The molecule has 0 aromatic carbocycles. The Bertz CT molecular complexity index is 429. The summed E-state index contributed by atoms with van der Waals surface area (Å²) in [5.74, 6) is 0.449. The molecule has 0 radical (unpaired) electrons. The zero-order valence-corrected chi connectivity index (χ0v) is 11.9. The Balaban J connectivity index is 2.43. The summed E-state index contributed by atoms with van der Waals surface area (Å²) in [5.41, 5.74) is 3.32. The standard InChI is InChI=1S/C11H21N3O3S/c1-4-10(8(2)3)13-14-11(15)12-9-5-6-18(16,17)7-9/h8-9H,4-7H2,1-3H3,(H2,12,14,15)/b13-10+. The summed E-state index contributed by atoms with van der Waals surface area (Å²) >= 11 is 0. The Labute approximate surface area is 108 Å². The third-order valence-electron chi connectivity index (χ3n) is 2.90. The molecule has 1 fully saturated rings. The van der Waals surface area contributed by atoms with Crippen LogP contribution in [0, 0.1) is 5.92 Å². The second-order valence-electron chi connectivity index (χ2n) is 4.80. The summed E-state index contributed by atoms with van der Waals surface area (Å²) in [6, 6.07) is -0.738. The third-order valence-corrected chi connectivity index (χ3v) is 4.67. The van der Waals surface area contributed by atoms with Gasteiger partial charge in [0.25, 0.3) is 0 Å². The van der Waals surface area contributed by atoms with Crippen molar-refractivity contribution in [1.29, 1.82) is 0 Å². The molecular weight excluding hydrogens is 254 g/mol. The molecule has 7 heteroatoms. The molecule has 0 aromatic rings. The molecule has 1 atom stereocenters. The van der Waals surface area contributed by atoms with Crippen LogP contribution in [0.2, 0.25) is 0 Å². The quantitative estimate of drug-likeness (QED) is 0.590. The lowest BCUT2D eigenvalue weighted by molar-refractivity contribution is 0.238. The van der Waals surface area contributed by atoms with E-state index in [9.17, 15) is 13.2 Å². The van der Waals surface area contributed by atoms with Gasteiger partial charge in [-0.2, -0.15) is 5.10 Å². The van der Waals surface area contributed by atoms with E-state index in [0.29, 0.717) is 6.42 Å². The van der Waals surface area contributed by atoms with E-state index in [1.54, 1.807) is 0 Å². The van der Waals surface area contributed by atoms with Gasteiger partial charge in [-0.05, 0) is 18.8 Å². The predicted molar refractivity (Wildman–Crippen MR) is 71.3 cm³/mol. The second-order valence-corrected chi connectivity index (χ2v) is 7.03. The fourth-order valence-electron chi connectivity index (χ4n) is 1.87. The van der Waals surface area contributed by atoms with Crippen molar-refractivity contribution in [1.82, 2.24) is 10.7 Å². The molecule has 104 valence electrons. The zero-order chi connectivity index (χ0) is 13.8. The van der Waals surface area contributed by atoms with Gasteiger partial charge in [-0.25, -0.2) is 18.6 Å². The van der Waals surface area contributed by atoms with Crippen molar-refractivity contribution in [2.24, 2.45) is 11.0 Å². The normalized spacial score (nSPS) is 23.1. The minimum absolute atomic E-state index is 0.0228. The molecular formula is C11H21N3O3S. The molecule has 0 saturated carbocycles. The number of hydrazone groups is 1. The van der Waals surface area contributed by atoms with Crippen molar-refractivity contribution in [3.05, 3.63) is 0 Å². The van der Waals surface area contributed by atoms with Crippen LogP contribution < -0.4 is 10.7 Å². The molecule has 1 rings (SSSR count). The van der Waals surface area contributed by atoms with Crippen LogP contribution in [0.15, 0.2) is 5.10 Å². The van der Waals surface area contributed by atoms with E-state index < -0.39 is 15.9 Å². The van der Waals surface area contributed by atoms with Gasteiger partial charge < -0.3 is 5.32 Å². The fourth-order valence-corrected chi connectivity index (χ4v) is 3.54. The number of amides is 2. The molecule has 1 aliphatic heterocycles. The summed E-state index contributed by atoms with van der Waals surface area (Å²) in [6.45, 7) is 5.99. The van der Waals surface area contributed by atoms with Gasteiger partial charge in [-0.3, -0.25) is 0 Å². The average Bonchev–Trinajstić information content (AvgIpc) is 2.58. The summed E-state index contributed by atoms with van der Waals surface area (Å²) in [7, 11) is -2.97. The maximum absolute atomic E-state index is 11.5. The van der Waals surface area contributed by atoms with E-state index in [1.165, 1.54) is 0 Å². The number of rotatable bonds is 4. The first kappa shape index (κ1) is 14.9. The average molecular weight is 275 g/mol. The third kappa shape index (κ3) is 4.64. The number of nitrogens with one attached hydrogen (secondary N) is 2. The number of hydrogen-bond acceptors (Lipinski definition) is 4. The first-order valence-electron chi connectivity index (χ1n) is 6.17. The lowest BCUT2D eigenvalue weighted by Gasteiger charge is -2.11. The highest BCUT2D eigenvalue weighted by Crippen LogP contribution is 2.10. The monoisotopic (exact) mass is 275 g/mol. The van der Waals surface area contributed by atoms with Crippen LogP contribution >= 0.6 is 0 Å². The van der Waals surface area contributed by atoms with Gasteiger partial charge >= 0.3 is 6.03 Å². The van der Waals surface area contributed by atoms with Crippen molar-refractivity contribution in [2.45, 2.75) is 39.7 Å². The maximum atomic E-state index is 11.5. The smallest absolute Gasteiger partial charge is 0.333 e. The summed E-state index contributed by atoms with van der Waals surface area (Å²) in [4.78, 5) is 11.5. The van der Waals surface area contributed by atoms with Crippen molar-refractivity contribution < 1.29 is 13.2 Å². The minimum Gasteiger partial charge on any atom is -0.333 e. The predicted octanol–water partition coefficient (Wildman–Crippen LogP) is 0.895. The minimum atomic E-state index is -2.97. The number of nitrogens with zero attached hydrogens (tertiary/aromatic N) is 1. The molecule has 1 aliphatic rings. The van der Waals surface area contributed by atoms with Crippen molar-refractivity contribution in [2.75, 3.05) is 11.5 Å². The van der Waals surface area contributed by atoms with Crippen LogP contribution in [0.3, 0.4) is 0 Å². The van der Waals surface area contributed by atoms with E-state index in [0.717, 1.165) is 12.1 Å². The summed E-state index contributed by atoms with van der Waals surface area (Å²) in [6.07, 6.45) is 1.25. The Hall–Kier alpha value is -1.11. The van der Waals surface area contributed by atoms with Crippen LogP contribution in [0.1, 0.15) is 33.6 Å². The molecule has 18 heavy (non-hydrogen) atoms. The summed E-state index contributed by atoms with van der Waals surface area (Å²) < 4.78 is 22.4. The Morgan fingerprint density at radius 3 is 2.56 bits per heavy atom. The van der Waals surface area contributed by atoms with Gasteiger partial charge in [0.05, 0.1) is 11.5 Å². The van der Waals surface area contributed by atoms with Crippen molar-refractivity contribution in [3.8, 4) is 0 Å². The maximum Gasteiger partial charge on any atom is 0.335 e. The topological polar surface area (TPSA) is 87.6 Å². The highest BCUT2D eigenvalue weighted by Gasteiger charge is 2.28. The molecule has 0 bridgehead atoms. The number of sulfone groups is 1. The van der Waals surface area contributed by atoms with Crippen LogP contribution in [0.25, 0.3) is 0 Å². The van der Waals surface area contributed by atoms with Crippen LogP contribution in [0.5, 0.6) is 0 Å². The largest absolute Gasteiger partial charge is 0.335 e. The number of hydrogen-bond donors (Lipinski definition) is 2. The molecule has 2 N–H and O–H groups in total. The second kappa shape index (κ2) is 6.17. The van der Waals surface area contributed by atoms with Crippen molar-refractivity contribution in [3.63, 3.8) is 0 Å². The van der Waals surface area contributed by atoms with Gasteiger partial charge in [-0.1, -0.05) is 20.8 Å². The zero-order valence-electron chi connectivity index (χ0n) is 11.1. The molecule has 1 unspecified atom stereocenters. The lowest BCUT2D eigenvalue weighted by Crippen LogP contribution is -2.41. The van der Waals surface area contributed by atoms with E-state index in [4.69, 9.17) is 0 Å². The van der Waals surface area contributed by atoms with Gasteiger partial charge in [-0.15, -0.1) is 0 Å². The highest BCUT2D eigenvalue weighted by molar-refractivity contribution is 7.91. The van der Waals surface area contributed by atoms with E-state index >= 15 is 0 Å². The number of carbonyl (C=O) groups excluding carboxylic acids is 1. The van der Waals surface area contributed by atoms with Gasteiger partial charge in [0.2, 0.25) is 0 Å². The first-order chi connectivity index (χ1) is 8.34. The molecule has 0 aliphatic carbocycles. The van der Waals surface area contributed by atoms with Crippen molar-refractivity contribution >= 4 is 21.6 Å². The van der Waals surface area contributed by atoms with E-state index in [2.05, 4.69) is 15.8 Å². The molecule has 1 heterocycles. The highest BCUT2D eigenvalue weighted by atomic mass is 32.2. The number of urea groups is 1. The first-order valence-corrected chi connectivity index (χ1v) is 7.99. The molecule has 0 aromatic heterocycles. The van der Waals surface area contributed by atoms with E-state index in [1.807, 2.05) is 20.8 Å². The Kier molecular flexibility index (Phi) is 5.13. The van der Waals surface area contributed by atoms with Gasteiger partial charge in [0.15, 0.2) is 9.84 Å². The van der Waals surface area contributed by atoms with Crippen LogP contribution in [-0.4, -0.2) is 37.7 Å². The Morgan fingerprint density at radius 2 is 2.11 bits per heavy atom. The lowest BCUT2D eigenvalue weighted by atomic mass is 10.1. The van der Waals surface area contributed by atoms with Crippen LogP contribution in [0.4, 0.5) is 4.79 Å². The fraction of sp³-hybridized carbons (Fsp3) is 0.818. The molecule has 0 spiro atoms. The van der Waals surface area contributed by atoms with Gasteiger partial charge in [0, 0.05) is 11.8 Å². The molecule has 6 nitrogen and oxygen atoms in total. The van der Waals surface area contributed by atoms with Crippen LogP contribution in [-0.2, 0) is 9.84 Å². The SMILES string of the molecule is CC/C(=N\NC(=O)NC1CCS(=O)(=O)C1)C(C)C. The van der Waals surface area contributed by atoms with E-state index in [-0.39, 0.29) is 23.5 Å². The summed E-state index contributed by atoms with van der Waals surface area (Å²) in [5, 5.41) is 6.64. The Morgan fingerprint density at radius 1 is 1.44 bits per heavy atom. The van der Waals surface area contributed by atoms with Gasteiger partial charge in [0.1, 0.15) is 0 Å². The molecule has 1 saturated heterocycles. The molecule has 2 amide bonds.